The summed E-state index contributed by atoms with van der Waals surface area (Å²) in [7, 11) is 0.821. The molecule has 2 N–H and O–H groups in total. The van der Waals surface area contributed by atoms with Crippen molar-refractivity contribution in [3.63, 3.8) is 0 Å². The summed E-state index contributed by atoms with van der Waals surface area (Å²) in [5.74, 6) is -0.0299. The van der Waals surface area contributed by atoms with E-state index in [1.54, 1.807) is 37.4 Å². The molecule has 0 saturated heterocycles. The molecule has 10 heteroatoms. The van der Waals surface area contributed by atoms with Crippen molar-refractivity contribution >= 4 is 48.9 Å². The Morgan fingerprint density at radius 2 is 1.85 bits per heavy atom. The predicted octanol–water partition coefficient (Wildman–Crippen LogP) is 4.27. The van der Waals surface area contributed by atoms with Crippen LogP contribution in [0.4, 0.5) is 10.8 Å². The van der Waals surface area contributed by atoms with E-state index in [0.29, 0.717) is 11.4 Å². The van der Waals surface area contributed by atoms with Crippen molar-refractivity contribution in [2.24, 2.45) is 0 Å². The molecule has 0 saturated carbocycles. The van der Waals surface area contributed by atoms with Crippen LogP contribution in [0, 0.1) is 0 Å². The smallest absolute Gasteiger partial charge is 0.243 e. The third kappa shape index (κ3) is 4.89. The molecule has 8 nitrogen and oxygen atoms in total. The number of thiazole rings is 1. The summed E-state index contributed by atoms with van der Waals surface area (Å²) in [6.45, 7) is -0.358. The van der Waals surface area contributed by atoms with Gasteiger partial charge in [-0.05, 0) is 41.1 Å². The van der Waals surface area contributed by atoms with Gasteiger partial charge in [-0.3, -0.25) is 4.79 Å². The number of nitrogens with zero attached hydrogens (tertiary/aromatic N) is 2. The number of hydrogen-bond acceptors (Lipinski definition) is 7. The van der Waals surface area contributed by atoms with Gasteiger partial charge in [-0.25, -0.2) is 13.4 Å². The molecule has 0 bridgehead atoms. The maximum atomic E-state index is 13.1. The Hall–Kier alpha value is -3.47. The van der Waals surface area contributed by atoms with Crippen LogP contribution in [0.1, 0.15) is 0 Å². The quantitative estimate of drug-likeness (QED) is 0.378. The van der Waals surface area contributed by atoms with Gasteiger partial charge in [0.1, 0.15) is 5.75 Å². The second kappa shape index (κ2) is 9.80. The van der Waals surface area contributed by atoms with Crippen molar-refractivity contribution in [2.45, 2.75) is 4.90 Å². The fourth-order valence-corrected chi connectivity index (χ4v) is 5.31. The molecule has 0 aliphatic carbocycles. The number of nitrogens with one attached hydrogen (secondary N) is 2. The summed E-state index contributed by atoms with van der Waals surface area (Å²) in [5.41, 5.74) is 1.98. The highest BCUT2D eigenvalue weighted by atomic mass is 32.2. The molecule has 3 aromatic carbocycles. The highest BCUT2D eigenvalue weighted by Crippen LogP contribution is 2.32. The summed E-state index contributed by atoms with van der Waals surface area (Å²) in [4.78, 5) is 17.4. The SMILES string of the molecule is CNc1nc(-c2ccc(OC)c(NC(=O)CN(C)S(=O)(=O)c3ccc4ccccc4c3)c2)cs1. The highest BCUT2D eigenvalue weighted by Gasteiger charge is 2.24. The molecular formula is C24H24N4O4S2. The Labute approximate surface area is 202 Å². The summed E-state index contributed by atoms with van der Waals surface area (Å²) in [6, 6.07) is 17.8. The van der Waals surface area contributed by atoms with Crippen LogP contribution in [0.25, 0.3) is 22.0 Å². The first-order chi connectivity index (χ1) is 16.3. The standard InChI is InChI=1S/C24H24N4O4S2/c1-25-24-27-21(15-33-24)18-9-11-22(32-3)20(13-18)26-23(29)14-28(2)34(30,31)19-10-8-16-6-4-5-7-17(16)12-19/h4-13,15H,14H2,1-3H3,(H,25,27)(H,26,29). The minimum absolute atomic E-state index is 0.130. The lowest BCUT2D eigenvalue weighted by Crippen LogP contribution is -2.35. The number of hydrogen-bond donors (Lipinski definition) is 2. The van der Waals surface area contributed by atoms with Crippen molar-refractivity contribution in [3.05, 3.63) is 66.0 Å². The van der Waals surface area contributed by atoms with Gasteiger partial charge in [0.25, 0.3) is 0 Å². The van der Waals surface area contributed by atoms with Crippen molar-refractivity contribution < 1.29 is 17.9 Å². The number of rotatable bonds is 8. The molecule has 0 atom stereocenters. The Kier molecular flexibility index (Phi) is 6.82. The Morgan fingerprint density at radius 3 is 2.56 bits per heavy atom. The first kappa shape index (κ1) is 23.7. The van der Waals surface area contributed by atoms with Crippen molar-refractivity contribution in [3.8, 4) is 17.0 Å². The zero-order valence-corrected chi connectivity index (χ0v) is 20.5. The maximum absolute atomic E-state index is 13.1. The minimum Gasteiger partial charge on any atom is -0.495 e. The van der Waals surface area contributed by atoms with Gasteiger partial charge in [0, 0.05) is 25.0 Å². The molecule has 0 aliphatic rings. The van der Waals surface area contributed by atoms with E-state index >= 15 is 0 Å². The number of amides is 1. The van der Waals surface area contributed by atoms with E-state index in [4.69, 9.17) is 4.74 Å². The van der Waals surface area contributed by atoms with E-state index in [0.717, 1.165) is 31.5 Å². The molecule has 176 valence electrons. The number of carbonyl (C=O) groups excluding carboxylic acids is 1. The molecule has 1 amide bonds. The molecule has 1 aromatic heterocycles. The molecule has 34 heavy (non-hydrogen) atoms. The molecule has 0 unspecified atom stereocenters. The number of benzene rings is 3. The van der Waals surface area contributed by atoms with E-state index in [1.165, 1.54) is 25.5 Å². The number of likely N-dealkylation sites (N-methyl/N-ethyl adjacent to an activating group) is 1. The third-order valence-electron chi connectivity index (χ3n) is 5.28. The second-order valence-corrected chi connectivity index (χ2v) is 10.4. The summed E-state index contributed by atoms with van der Waals surface area (Å²) in [6.07, 6.45) is 0. The van der Waals surface area contributed by atoms with Gasteiger partial charge in [-0.1, -0.05) is 30.3 Å². The molecule has 1 heterocycles. The van der Waals surface area contributed by atoms with Crippen LogP contribution in [0.2, 0.25) is 0 Å². The van der Waals surface area contributed by atoms with E-state index in [9.17, 15) is 13.2 Å². The molecular weight excluding hydrogens is 472 g/mol. The lowest BCUT2D eigenvalue weighted by atomic mass is 10.1. The average molecular weight is 497 g/mol. The summed E-state index contributed by atoms with van der Waals surface area (Å²) >= 11 is 1.47. The topological polar surface area (TPSA) is 101 Å². The second-order valence-electron chi connectivity index (χ2n) is 7.52. The van der Waals surface area contributed by atoms with Gasteiger partial charge in [0.2, 0.25) is 15.9 Å². The molecule has 4 rings (SSSR count). The molecule has 0 radical (unpaired) electrons. The van der Waals surface area contributed by atoms with Gasteiger partial charge in [-0.2, -0.15) is 4.31 Å². The molecule has 0 aliphatic heterocycles. The lowest BCUT2D eigenvalue weighted by Gasteiger charge is -2.18. The number of carbonyl (C=O) groups is 1. The van der Waals surface area contributed by atoms with Crippen LogP contribution in [0.5, 0.6) is 5.75 Å². The van der Waals surface area contributed by atoms with E-state index in [2.05, 4.69) is 15.6 Å². The lowest BCUT2D eigenvalue weighted by molar-refractivity contribution is -0.116. The number of aromatic nitrogens is 1. The van der Waals surface area contributed by atoms with Crippen LogP contribution in [0.3, 0.4) is 0 Å². The largest absolute Gasteiger partial charge is 0.495 e. The van der Waals surface area contributed by atoms with E-state index in [-0.39, 0.29) is 11.4 Å². The van der Waals surface area contributed by atoms with Crippen molar-refractivity contribution in [2.75, 3.05) is 38.4 Å². The first-order valence-corrected chi connectivity index (χ1v) is 12.7. The molecule has 4 aromatic rings. The van der Waals surface area contributed by atoms with Gasteiger partial charge in [-0.15, -0.1) is 11.3 Å². The summed E-state index contributed by atoms with van der Waals surface area (Å²) < 4.78 is 32.5. The third-order valence-corrected chi connectivity index (χ3v) is 7.94. The van der Waals surface area contributed by atoms with Gasteiger partial charge >= 0.3 is 0 Å². The fourth-order valence-electron chi connectivity index (χ4n) is 3.47. The Bertz CT molecular complexity index is 1450. The van der Waals surface area contributed by atoms with Gasteiger partial charge in [0.05, 0.1) is 29.9 Å². The van der Waals surface area contributed by atoms with Crippen LogP contribution >= 0.6 is 11.3 Å². The van der Waals surface area contributed by atoms with Crippen LogP contribution in [-0.2, 0) is 14.8 Å². The number of anilines is 2. The van der Waals surface area contributed by atoms with Gasteiger partial charge in [0.15, 0.2) is 5.13 Å². The first-order valence-electron chi connectivity index (χ1n) is 10.4. The normalized spacial score (nSPS) is 11.5. The predicted molar refractivity (Wildman–Crippen MR) is 136 cm³/mol. The van der Waals surface area contributed by atoms with E-state index < -0.39 is 15.9 Å². The van der Waals surface area contributed by atoms with Crippen LogP contribution in [-0.4, -0.2) is 51.4 Å². The molecule has 0 spiro atoms. The number of fused-ring (bicyclic) bond motifs is 1. The van der Waals surface area contributed by atoms with Crippen LogP contribution in [0.15, 0.2) is 70.9 Å². The Morgan fingerprint density at radius 1 is 1.09 bits per heavy atom. The summed E-state index contributed by atoms with van der Waals surface area (Å²) in [5, 5.41) is 10.2. The average Bonchev–Trinajstić information content (AvgIpc) is 3.33. The number of sulfonamides is 1. The van der Waals surface area contributed by atoms with Crippen molar-refractivity contribution in [1.29, 1.82) is 0 Å². The van der Waals surface area contributed by atoms with Gasteiger partial charge < -0.3 is 15.4 Å². The number of ether oxygens (including phenoxy) is 1. The van der Waals surface area contributed by atoms with Crippen LogP contribution < -0.4 is 15.4 Å². The van der Waals surface area contributed by atoms with Crippen molar-refractivity contribution in [1.82, 2.24) is 9.29 Å². The minimum atomic E-state index is -3.86. The van der Waals surface area contributed by atoms with E-state index in [1.807, 2.05) is 35.7 Å². The zero-order valence-electron chi connectivity index (χ0n) is 18.9. The highest BCUT2D eigenvalue weighted by molar-refractivity contribution is 7.89. The number of methoxy groups -OCH3 is 1. The molecule has 0 fully saturated rings. The maximum Gasteiger partial charge on any atom is 0.243 e. The Balaban J connectivity index is 1.52. The zero-order chi connectivity index (χ0) is 24.3. The monoisotopic (exact) mass is 496 g/mol. The fraction of sp³-hybridized carbons (Fsp3) is 0.167.